The van der Waals surface area contributed by atoms with Crippen LogP contribution in [0.3, 0.4) is 0 Å². The fourth-order valence-electron chi connectivity index (χ4n) is 4.97. The first-order valence-electron chi connectivity index (χ1n) is 11.6. The molecule has 176 valence electrons. The van der Waals surface area contributed by atoms with Gasteiger partial charge >= 0.3 is 5.69 Å². The molecule has 36 heavy (non-hydrogen) atoms. The maximum Gasteiger partial charge on any atom is 0.331 e. The van der Waals surface area contributed by atoms with Crippen LogP contribution in [-0.2, 0) is 18.0 Å². The molecule has 0 saturated carbocycles. The summed E-state index contributed by atoms with van der Waals surface area (Å²) in [6, 6.07) is 20.5. The van der Waals surface area contributed by atoms with Crippen LogP contribution in [0.5, 0.6) is 5.75 Å². The largest absolute Gasteiger partial charge is 0.493 e. The second-order valence-electron chi connectivity index (χ2n) is 8.88. The minimum atomic E-state index is -0.339. The normalized spacial score (nSPS) is 15.1. The number of aromatic amines is 1. The average Bonchev–Trinajstić information content (AvgIpc) is 3.41. The molecule has 0 saturated heterocycles. The van der Waals surface area contributed by atoms with E-state index in [2.05, 4.69) is 11.1 Å². The summed E-state index contributed by atoms with van der Waals surface area (Å²) in [7, 11) is 0. The monoisotopic (exact) mass is 477 g/mol. The van der Waals surface area contributed by atoms with E-state index in [0.29, 0.717) is 19.0 Å². The summed E-state index contributed by atoms with van der Waals surface area (Å²) in [6.45, 7) is 0.822. The molecule has 0 unspecified atom stereocenters. The van der Waals surface area contributed by atoms with E-state index in [0.717, 1.165) is 50.2 Å². The number of imidazole rings is 1. The molecule has 0 fully saturated rings. The number of nitrogens with one attached hydrogen (secondary N) is 1. The van der Waals surface area contributed by atoms with Crippen molar-refractivity contribution < 1.29 is 13.9 Å². The molecule has 3 aromatic carbocycles. The number of hydrogen-bond donors (Lipinski definition) is 1. The van der Waals surface area contributed by atoms with Gasteiger partial charge in [-0.2, -0.15) is 0 Å². The summed E-state index contributed by atoms with van der Waals surface area (Å²) in [6.07, 6.45) is 7.43. The van der Waals surface area contributed by atoms with Crippen LogP contribution in [0, 0.1) is 5.82 Å². The highest BCUT2D eigenvalue weighted by Gasteiger charge is 2.20. The van der Waals surface area contributed by atoms with Crippen molar-refractivity contribution in [1.29, 1.82) is 0 Å². The Kier molecular flexibility index (Phi) is 4.51. The Balaban J connectivity index is 1.37. The highest BCUT2D eigenvalue weighted by molar-refractivity contribution is 5.96. The fourth-order valence-corrected chi connectivity index (χ4v) is 4.97. The molecule has 0 spiro atoms. The number of H-pyrrole nitrogens is 1. The molecule has 7 rings (SSSR count). The van der Waals surface area contributed by atoms with Gasteiger partial charge in [0.25, 0.3) is 0 Å². The number of aromatic nitrogens is 3. The zero-order valence-electron chi connectivity index (χ0n) is 19.1. The molecule has 5 aromatic rings. The number of nitrogens with zero attached hydrogens (tertiary/aromatic N) is 2. The summed E-state index contributed by atoms with van der Waals surface area (Å²) in [5.41, 5.74) is 7.76. The standard InChI is InChI=1S/C29H20FN3O3/c30-20-6-7-24-25(23-4-2-1-3-19(23)16-36-28(24)13-20)11-18-5-8-27-26(12-18)31-29(34)33(27)21-14-22-17-35-10-9-32(22)15-21/h1-15H,16-17H2,(H,31,34). The summed E-state index contributed by atoms with van der Waals surface area (Å²) in [4.78, 5) is 15.9. The fraction of sp³-hybridized carbons (Fsp3) is 0.0690. The lowest BCUT2D eigenvalue weighted by Crippen LogP contribution is -2.13. The first kappa shape index (κ1) is 20.6. The van der Waals surface area contributed by atoms with Crippen molar-refractivity contribution in [3.05, 3.63) is 123 Å². The number of rotatable bonds is 2. The maximum absolute atomic E-state index is 14.0. The van der Waals surface area contributed by atoms with Crippen molar-refractivity contribution >= 4 is 28.9 Å². The van der Waals surface area contributed by atoms with E-state index < -0.39 is 0 Å². The quantitative estimate of drug-likeness (QED) is 0.355. The van der Waals surface area contributed by atoms with Gasteiger partial charge in [0.05, 0.1) is 22.4 Å². The molecule has 2 aliphatic rings. The van der Waals surface area contributed by atoms with Crippen molar-refractivity contribution in [3.8, 4) is 11.4 Å². The molecule has 0 aliphatic carbocycles. The minimum Gasteiger partial charge on any atom is -0.493 e. The van der Waals surface area contributed by atoms with Crippen LogP contribution in [0.1, 0.15) is 27.9 Å². The lowest BCUT2D eigenvalue weighted by molar-refractivity contribution is 0.224. The Morgan fingerprint density at radius 3 is 2.81 bits per heavy atom. The molecular formula is C29H20FN3O3. The van der Waals surface area contributed by atoms with Gasteiger partial charge < -0.3 is 19.0 Å². The summed E-state index contributed by atoms with van der Waals surface area (Å²) in [5, 5.41) is 0. The van der Waals surface area contributed by atoms with Crippen molar-refractivity contribution in [2.45, 2.75) is 13.2 Å². The van der Waals surface area contributed by atoms with E-state index in [4.69, 9.17) is 9.47 Å². The zero-order valence-corrected chi connectivity index (χ0v) is 19.1. The molecular weight excluding hydrogens is 457 g/mol. The third kappa shape index (κ3) is 3.28. The summed E-state index contributed by atoms with van der Waals surface area (Å²) in [5.74, 6) is 0.169. The van der Waals surface area contributed by atoms with E-state index in [1.165, 1.54) is 12.1 Å². The molecule has 0 amide bonds. The summed E-state index contributed by atoms with van der Waals surface area (Å²) >= 11 is 0. The van der Waals surface area contributed by atoms with Crippen LogP contribution in [0.4, 0.5) is 4.39 Å². The SMILES string of the molecule is O=c1[nH]c2cc(C=C3c4ccccc4COc4cc(F)ccc43)ccc2n1-c1cc2n(c1)C=COC2. The Morgan fingerprint density at radius 2 is 1.89 bits per heavy atom. The lowest BCUT2D eigenvalue weighted by Gasteiger charge is -2.11. The molecule has 0 bridgehead atoms. The maximum atomic E-state index is 14.0. The van der Waals surface area contributed by atoms with Crippen LogP contribution in [0.2, 0.25) is 0 Å². The van der Waals surface area contributed by atoms with Gasteiger partial charge in [-0.15, -0.1) is 0 Å². The van der Waals surface area contributed by atoms with Crippen LogP contribution in [-0.4, -0.2) is 14.1 Å². The van der Waals surface area contributed by atoms with Gasteiger partial charge in [0, 0.05) is 24.0 Å². The van der Waals surface area contributed by atoms with Crippen LogP contribution in [0.15, 0.2) is 84.0 Å². The van der Waals surface area contributed by atoms with Crippen LogP contribution < -0.4 is 10.4 Å². The second kappa shape index (κ2) is 7.88. The van der Waals surface area contributed by atoms with Crippen molar-refractivity contribution in [2.75, 3.05) is 0 Å². The molecule has 2 aromatic heterocycles. The predicted molar refractivity (Wildman–Crippen MR) is 136 cm³/mol. The smallest absolute Gasteiger partial charge is 0.331 e. The molecule has 2 aliphatic heterocycles. The number of benzene rings is 3. The number of hydrogen-bond acceptors (Lipinski definition) is 3. The predicted octanol–water partition coefficient (Wildman–Crippen LogP) is 5.70. The van der Waals surface area contributed by atoms with Gasteiger partial charge in [-0.25, -0.2) is 9.18 Å². The first-order valence-corrected chi connectivity index (χ1v) is 11.6. The van der Waals surface area contributed by atoms with Gasteiger partial charge in [0.15, 0.2) is 0 Å². The van der Waals surface area contributed by atoms with E-state index in [1.807, 2.05) is 65.5 Å². The van der Waals surface area contributed by atoms with E-state index in [-0.39, 0.29) is 11.5 Å². The van der Waals surface area contributed by atoms with Crippen molar-refractivity contribution in [3.63, 3.8) is 0 Å². The molecule has 7 heteroatoms. The van der Waals surface area contributed by atoms with E-state index in [1.54, 1.807) is 16.9 Å². The minimum absolute atomic E-state index is 0.211. The Hall–Kier alpha value is -4.78. The van der Waals surface area contributed by atoms with Crippen LogP contribution >= 0.6 is 0 Å². The summed E-state index contributed by atoms with van der Waals surface area (Å²) < 4.78 is 28.9. The third-order valence-corrected chi connectivity index (χ3v) is 6.67. The Morgan fingerprint density at radius 1 is 0.972 bits per heavy atom. The third-order valence-electron chi connectivity index (χ3n) is 6.67. The molecule has 0 radical (unpaired) electrons. The Bertz CT molecular complexity index is 1790. The number of ether oxygens (including phenoxy) is 2. The van der Waals surface area contributed by atoms with Crippen LogP contribution in [0.25, 0.3) is 34.6 Å². The van der Waals surface area contributed by atoms with Gasteiger partial charge in [-0.3, -0.25) is 4.57 Å². The Labute approximate surface area is 205 Å². The number of halogens is 1. The molecule has 4 heterocycles. The van der Waals surface area contributed by atoms with Crippen molar-refractivity contribution in [2.24, 2.45) is 0 Å². The van der Waals surface area contributed by atoms with E-state index in [9.17, 15) is 9.18 Å². The van der Waals surface area contributed by atoms with Crippen molar-refractivity contribution in [1.82, 2.24) is 14.1 Å². The van der Waals surface area contributed by atoms with Gasteiger partial charge in [-0.05, 0) is 58.7 Å². The highest BCUT2D eigenvalue weighted by Crippen LogP contribution is 2.38. The zero-order chi connectivity index (χ0) is 24.2. The van der Waals surface area contributed by atoms with E-state index >= 15 is 0 Å². The average molecular weight is 477 g/mol. The van der Waals surface area contributed by atoms with Gasteiger partial charge in [0.2, 0.25) is 0 Å². The molecule has 6 nitrogen and oxygen atoms in total. The first-order chi connectivity index (χ1) is 17.6. The second-order valence-corrected chi connectivity index (χ2v) is 8.88. The highest BCUT2D eigenvalue weighted by atomic mass is 19.1. The van der Waals surface area contributed by atoms with Gasteiger partial charge in [-0.1, -0.05) is 30.3 Å². The van der Waals surface area contributed by atoms with Gasteiger partial charge in [0.1, 0.15) is 31.0 Å². The topological polar surface area (TPSA) is 61.2 Å². The molecule has 0 atom stereocenters. The lowest BCUT2D eigenvalue weighted by atomic mass is 9.92. The number of fused-ring (bicyclic) bond motifs is 4. The molecule has 1 N–H and O–H groups in total.